The van der Waals surface area contributed by atoms with Gasteiger partial charge < -0.3 is 14.5 Å². The zero-order valence-corrected chi connectivity index (χ0v) is 15.6. The summed E-state index contributed by atoms with van der Waals surface area (Å²) in [4.78, 5) is 16.8. The van der Waals surface area contributed by atoms with Crippen molar-refractivity contribution < 1.29 is 9.53 Å². The number of aryl methyl sites for hydroxylation is 1. The van der Waals surface area contributed by atoms with Gasteiger partial charge in [0.25, 0.3) is 5.91 Å². The normalized spacial score (nSPS) is 16.3. The SMILES string of the molecule is CC.CC.Cc1ccc(C(=O)N2CCN(C)CC2)c2c1OCC2. The molecular weight excluding hydrogens is 288 g/mol. The molecule has 23 heavy (non-hydrogen) atoms. The number of likely N-dealkylation sites (N-methyl/N-ethyl adjacent to an activating group) is 1. The van der Waals surface area contributed by atoms with E-state index in [0.717, 1.165) is 55.0 Å². The van der Waals surface area contributed by atoms with Crippen LogP contribution < -0.4 is 4.74 Å². The van der Waals surface area contributed by atoms with E-state index in [1.165, 1.54) is 0 Å². The van der Waals surface area contributed by atoms with Gasteiger partial charge in [-0.3, -0.25) is 4.79 Å². The van der Waals surface area contributed by atoms with Gasteiger partial charge in [-0.05, 0) is 25.6 Å². The van der Waals surface area contributed by atoms with E-state index < -0.39 is 0 Å². The van der Waals surface area contributed by atoms with Gasteiger partial charge in [0.1, 0.15) is 5.75 Å². The fraction of sp³-hybridized carbons (Fsp3) is 0.632. The van der Waals surface area contributed by atoms with Crippen molar-refractivity contribution in [3.63, 3.8) is 0 Å². The lowest BCUT2D eigenvalue weighted by molar-refractivity contribution is 0.0663. The lowest BCUT2D eigenvalue weighted by Crippen LogP contribution is -2.47. The molecule has 0 unspecified atom stereocenters. The van der Waals surface area contributed by atoms with Crippen molar-refractivity contribution in [2.45, 2.75) is 41.0 Å². The maximum Gasteiger partial charge on any atom is 0.254 e. The van der Waals surface area contributed by atoms with Gasteiger partial charge in [-0.1, -0.05) is 33.8 Å². The summed E-state index contributed by atoms with van der Waals surface area (Å²) in [5, 5.41) is 0. The second kappa shape index (κ2) is 9.56. The van der Waals surface area contributed by atoms with E-state index in [4.69, 9.17) is 4.74 Å². The molecule has 1 aromatic carbocycles. The van der Waals surface area contributed by atoms with Gasteiger partial charge in [0.05, 0.1) is 6.61 Å². The first-order chi connectivity index (χ1) is 11.2. The largest absolute Gasteiger partial charge is 0.493 e. The van der Waals surface area contributed by atoms with Crippen LogP contribution >= 0.6 is 0 Å². The van der Waals surface area contributed by atoms with Crippen molar-refractivity contribution >= 4 is 5.91 Å². The van der Waals surface area contributed by atoms with Crippen LogP contribution in [0.3, 0.4) is 0 Å². The Balaban J connectivity index is 0.000000615. The molecule has 2 aliphatic rings. The molecule has 1 aromatic rings. The van der Waals surface area contributed by atoms with E-state index >= 15 is 0 Å². The Hall–Kier alpha value is -1.55. The van der Waals surface area contributed by atoms with Gasteiger partial charge in [0.2, 0.25) is 0 Å². The maximum atomic E-state index is 12.6. The van der Waals surface area contributed by atoms with Crippen molar-refractivity contribution in [1.29, 1.82) is 0 Å². The third kappa shape index (κ3) is 4.47. The Morgan fingerprint density at radius 3 is 2.26 bits per heavy atom. The molecule has 0 saturated carbocycles. The van der Waals surface area contributed by atoms with Crippen LogP contribution in [0.15, 0.2) is 12.1 Å². The molecule has 0 N–H and O–H groups in total. The number of ether oxygens (including phenoxy) is 1. The number of fused-ring (bicyclic) bond motifs is 1. The molecule has 0 atom stereocenters. The molecule has 4 nitrogen and oxygen atoms in total. The highest BCUT2D eigenvalue weighted by atomic mass is 16.5. The van der Waals surface area contributed by atoms with Crippen LogP contribution in [-0.4, -0.2) is 55.5 Å². The number of rotatable bonds is 1. The topological polar surface area (TPSA) is 32.8 Å². The number of piperazine rings is 1. The predicted molar refractivity (Wildman–Crippen MR) is 96.5 cm³/mol. The highest BCUT2D eigenvalue weighted by Crippen LogP contribution is 2.32. The molecular formula is C19H32N2O2. The van der Waals surface area contributed by atoms with Gasteiger partial charge in [0, 0.05) is 43.7 Å². The molecule has 0 aliphatic carbocycles. The van der Waals surface area contributed by atoms with Crippen molar-refractivity contribution in [3.8, 4) is 5.75 Å². The van der Waals surface area contributed by atoms with Gasteiger partial charge in [-0.2, -0.15) is 0 Å². The second-order valence-electron chi connectivity index (χ2n) is 5.43. The Morgan fingerprint density at radius 1 is 1.04 bits per heavy atom. The average molecular weight is 320 g/mol. The summed E-state index contributed by atoms with van der Waals surface area (Å²) in [6.07, 6.45) is 0.853. The smallest absolute Gasteiger partial charge is 0.254 e. The minimum Gasteiger partial charge on any atom is -0.493 e. The summed E-state index contributed by atoms with van der Waals surface area (Å²) >= 11 is 0. The molecule has 1 saturated heterocycles. The van der Waals surface area contributed by atoms with E-state index in [2.05, 4.69) is 11.9 Å². The Bertz CT molecular complexity index is 506. The van der Waals surface area contributed by atoms with Crippen molar-refractivity contribution in [1.82, 2.24) is 9.80 Å². The van der Waals surface area contributed by atoms with Crippen LogP contribution in [0.1, 0.15) is 49.2 Å². The van der Waals surface area contributed by atoms with Crippen LogP contribution in [0.25, 0.3) is 0 Å². The number of hydrogen-bond acceptors (Lipinski definition) is 3. The van der Waals surface area contributed by atoms with Gasteiger partial charge >= 0.3 is 0 Å². The van der Waals surface area contributed by atoms with Crippen LogP contribution in [0.5, 0.6) is 5.75 Å². The monoisotopic (exact) mass is 320 g/mol. The van der Waals surface area contributed by atoms with E-state index in [1.807, 2.05) is 51.7 Å². The molecule has 0 spiro atoms. The van der Waals surface area contributed by atoms with Crippen LogP contribution in [0, 0.1) is 6.92 Å². The number of carbonyl (C=O) groups excluding carboxylic acids is 1. The zero-order chi connectivity index (χ0) is 17.4. The molecule has 0 radical (unpaired) electrons. The van der Waals surface area contributed by atoms with Crippen molar-refractivity contribution in [2.24, 2.45) is 0 Å². The highest BCUT2D eigenvalue weighted by molar-refractivity contribution is 5.96. The number of benzene rings is 1. The second-order valence-corrected chi connectivity index (χ2v) is 5.43. The van der Waals surface area contributed by atoms with Crippen LogP contribution in [-0.2, 0) is 6.42 Å². The molecule has 4 heteroatoms. The first-order valence-corrected chi connectivity index (χ1v) is 8.90. The van der Waals surface area contributed by atoms with Crippen molar-refractivity contribution in [3.05, 3.63) is 28.8 Å². The molecule has 130 valence electrons. The minimum atomic E-state index is 0.162. The summed E-state index contributed by atoms with van der Waals surface area (Å²) in [6.45, 7) is 14.3. The molecule has 0 bridgehead atoms. The Kier molecular flexibility index (Phi) is 8.10. The van der Waals surface area contributed by atoms with Crippen LogP contribution in [0.2, 0.25) is 0 Å². The zero-order valence-electron chi connectivity index (χ0n) is 15.6. The third-order valence-corrected chi connectivity index (χ3v) is 4.08. The number of hydrogen-bond donors (Lipinski definition) is 0. The van der Waals surface area contributed by atoms with Gasteiger partial charge in [-0.15, -0.1) is 0 Å². The average Bonchev–Trinajstić information content (AvgIpc) is 3.10. The lowest BCUT2D eigenvalue weighted by Gasteiger charge is -2.32. The number of amides is 1. The summed E-state index contributed by atoms with van der Waals surface area (Å²) in [5.74, 6) is 1.09. The molecule has 1 fully saturated rings. The standard InChI is InChI=1S/C15H20N2O2.2C2H6/c1-11-3-4-13(12-5-10-19-14(11)12)15(18)17-8-6-16(2)7-9-17;2*1-2/h3-4H,5-10H2,1-2H3;2*1-2H3. The lowest BCUT2D eigenvalue weighted by atomic mass is 10.0. The van der Waals surface area contributed by atoms with E-state index in [-0.39, 0.29) is 5.91 Å². The molecule has 0 aromatic heterocycles. The molecule has 1 amide bonds. The van der Waals surface area contributed by atoms with E-state index in [1.54, 1.807) is 0 Å². The number of nitrogens with zero attached hydrogens (tertiary/aromatic N) is 2. The minimum absolute atomic E-state index is 0.162. The first kappa shape index (κ1) is 19.5. The fourth-order valence-corrected chi connectivity index (χ4v) is 2.83. The summed E-state index contributed by atoms with van der Waals surface area (Å²) in [7, 11) is 2.10. The molecule has 2 aliphatic heterocycles. The van der Waals surface area contributed by atoms with Gasteiger partial charge in [-0.25, -0.2) is 0 Å². The predicted octanol–water partition coefficient (Wildman–Crippen LogP) is 3.37. The maximum absolute atomic E-state index is 12.6. The van der Waals surface area contributed by atoms with Gasteiger partial charge in [0.15, 0.2) is 0 Å². The van der Waals surface area contributed by atoms with E-state index in [0.29, 0.717) is 6.61 Å². The Labute approximate surface area is 141 Å². The summed E-state index contributed by atoms with van der Waals surface area (Å²) in [5.41, 5.74) is 3.06. The van der Waals surface area contributed by atoms with E-state index in [9.17, 15) is 4.79 Å². The summed E-state index contributed by atoms with van der Waals surface area (Å²) in [6, 6.07) is 3.96. The summed E-state index contributed by atoms with van der Waals surface area (Å²) < 4.78 is 5.65. The quantitative estimate of drug-likeness (QED) is 0.795. The molecule has 2 heterocycles. The molecule has 3 rings (SSSR count). The van der Waals surface area contributed by atoms with Crippen molar-refractivity contribution in [2.75, 3.05) is 39.8 Å². The number of carbonyl (C=O) groups is 1. The fourth-order valence-electron chi connectivity index (χ4n) is 2.83. The first-order valence-electron chi connectivity index (χ1n) is 8.90. The highest BCUT2D eigenvalue weighted by Gasteiger charge is 2.26. The Morgan fingerprint density at radius 2 is 1.65 bits per heavy atom. The van der Waals surface area contributed by atoms with Crippen LogP contribution in [0.4, 0.5) is 0 Å². The third-order valence-electron chi connectivity index (χ3n) is 4.08.